The summed E-state index contributed by atoms with van der Waals surface area (Å²) in [7, 11) is 0. The number of nitrogens with zero attached hydrogens (tertiary/aromatic N) is 2. The molecule has 0 atom stereocenters. The number of halogens is 1. The van der Waals surface area contributed by atoms with Crippen molar-refractivity contribution in [1.29, 1.82) is 0 Å². The van der Waals surface area contributed by atoms with Gasteiger partial charge in [0.2, 0.25) is 5.91 Å². The highest BCUT2D eigenvalue weighted by Gasteiger charge is 2.37. The summed E-state index contributed by atoms with van der Waals surface area (Å²) in [6.07, 6.45) is 8.02. The van der Waals surface area contributed by atoms with Gasteiger partial charge in [-0.3, -0.25) is 4.79 Å². The minimum absolute atomic E-state index is 0.104. The number of carbonyl (C=O) groups excluding carboxylic acids is 1. The van der Waals surface area contributed by atoms with Crippen LogP contribution in [0.25, 0.3) is 17.3 Å². The molecule has 5 rings (SSSR count). The molecule has 0 bridgehead atoms. The molecule has 3 nitrogen and oxygen atoms in total. The average molecular weight is 570 g/mol. The molecule has 0 spiro atoms. The van der Waals surface area contributed by atoms with Gasteiger partial charge in [0, 0.05) is 50.8 Å². The molecule has 2 aliphatic rings. The number of thiazole rings is 1. The van der Waals surface area contributed by atoms with E-state index < -0.39 is 0 Å². The van der Waals surface area contributed by atoms with Crippen molar-refractivity contribution in [3.63, 3.8) is 0 Å². The highest BCUT2D eigenvalue weighted by molar-refractivity contribution is 9.10. The van der Waals surface area contributed by atoms with Gasteiger partial charge in [-0.25, -0.2) is 4.98 Å². The second-order valence-electron chi connectivity index (χ2n) is 11.2. The van der Waals surface area contributed by atoms with E-state index in [2.05, 4.69) is 67.2 Å². The van der Waals surface area contributed by atoms with Gasteiger partial charge in [0.15, 0.2) is 0 Å². The summed E-state index contributed by atoms with van der Waals surface area (Å²) >= 11 is 6.87. The Kier molecular flexibility index (Phi) is 6.84. The van der Waals surface area contributed by atoms with Crippen molar-refractivity contribution in [2.75, 3.05) is 13.1 Å². The zero-order valence-electron chi connectivity index (χ0n) is 20.9. The summed E-state index contributed by atoms with van der Waals surface area (Å²) in [5.74, 6) is 0.537. The maximum absolute atomic E-state index is 12.6. The molecule has 35 heavy (non-hydrogen) atoms. The van der Waals surface area contributed by atoms with Gasteiger partial charge >= 0.3 is 0 Å². The SMILES string of the molecule is CC1(C)CCC(C)(C)c2cc(-c3csc(C4CCN(C(=O)/C=C/c5cc(Br)cs5)CC4)n3)ccc21. The van der Waals surface area contributed by atoms with Crippen LogP contribution < -0.4 is 0 Å². The van der Waals surface area contributed by atoms with Crippen LogP contribution in [-0.2, 0) is 15.6 Å². The predicted molar refractivity (Wildman–Crippen MR) is 152 cm³/mol. The molecular weight excluding hydrogens is 536 g/mol. The number of carbonyl (C=O) groups is 1. The molecule has 1 aliphatic carbocycles. The highest BCUT2D eigenvalue weighted by atomic mass is 79.9. The lowest BCUT2D eigenvalue weighted by molar-refractivity contribution is -0.126. The van der Waals surface area contributed by atoms with Crippen molar-refractivity contribution in [3.05, 3.63) is 66.6 Å². The Morgan fingerprint density at radius 3 is 2.43 bits per heavy atom. The lowest BCUT2D eigenvalue weighted by atomic mass is 9.63. The summed E-state index contributed by atoms with van der Waals surface area (Å²) < 4.78 is 1.06. The summed E-state index contributed by atoms with van der Waals surface area (Å²) in [6, 6.07) is 9.04. The van der Waals surface area contributed by atoms with E-state index in [0.717, 1.165) is 41.0 Å². The summed E-state index contributed by atoms with van der Waals surface area (Å²) in [6.45, 7) is 11.1. The van der Waals surface area contributed by atoms with Crippen molar-refractivity contribution >= 4 is 50.6 Å². The normalized spacial score (nSPS) is 19.7. The topological polar surface area (TPSA) is 33.2 Å². The third-order valence-electron chi connectivity index (χ3n) is 7.80. The minimum atomic E-state index is 0.104. The summed E-state index contributed by atoms with van der Waals surface area (Å²) in [5.41, 5.74) is 5.73. The Morgan fingerprint density at radius 2 is 1.74 bits per heavy atom. The third kappa shape index (κ3) is 5.21. The van der Waals surface area contributed by atoms with Gasteiger partial charge in [-0.2, -0.15) is 0 Å². The highest BCUT2D eigenvalue weighted by Crippen LogP contribution is 2.47. The number of fused-ring (bicyclic) bond motifs is 1. The molecule has 1 aliphatic heterocycles. The van der Waals surface area contributed by atoms with Gasteiger partial charge < -0.3 is 4.90 Å². The van der Waals surface area contributed by atoms with Gasteiger partial charge in [0.1, 0.15) is 0 Å². The summed E-state index contributed by atoms with van der Waals surface area (Å²) in [4.78, 5) is 20.8. The van der Waals surface area contributed by atoms with Gasteiger partial charge in [0.25, 0.3) is 0 Å². The number of amides is 1. The zero-order valence-corrected chi connectivity index (χ0v) is 24.2. The molecule has 0 radical (unpaired) electrons. The fourth-order valence-corrected chi connectivity index (χ4v) is 7.71. The van der Waals surface area contributed by atoms with Gasteiger partial charge in [0.05, 0.1) is 10.7 Å². The number of hydrogen-bond donors (Lipinski definition) is 0. The first-order chi connectivity index (χ1) is 16.6. The van der Waals surface area contributed by atoms with Crippen LogP contribution in [-0.4, -0.2) is 28.9 Å². The Balaban J connectivity index is 1.25. The Labute approximate surface area is 225 Å². The van der Waals surface area contributed by atoms with Crippen molar-refractivity contribution in [2.24, 2.45) is 0 Å². The number of rotatable bonds is 4. The molecule has 1 saturated heterocycles. The molecule has 0 N–H and O–H groups in total. The van der Waals surface area contributed by atoms with Gasteiger partial charge in [-0.15, -0.1) is 22.7 Å². The van der Waals surface area contributed by atoms with Crippen molar-refractivity contribution in [1.82, 2.24) is 9.88 Å². The van der Waals surface area contributed by atoms with Crippen LogP contribution in [0.2, 0.25) is 0 Å². The smallest absolute Gasteiger partial charge is 0.246 e. The van der Waals surface area contributed by atoms with E-state index in [-0.39, 0.29) is 16.7 Å². The van der Waals surface area contributed by atoms with Crippen molar-refractivity contribution < 1.29 is 4.79 Å². The number of likely N-dealkylation sites (tertiary alicyclic amines) is 1. The van der Waals surface area contributed by atoms with E-state index in [9.17, 15) is 4.79 Å². The Bertz CT molecular complexity index is 1260. The molecule has 3 aromatic rings. The number of aromatic nitrogens is 1. The van der Waals surface area contributed by atoms with E-state index in [4.69, 9.17) is 4.98 Å². The lowest BCUT2D eigenvalue weighted by Crippen LogP contribution is -2.36. The Hall–Kier alpha value is -1.76. The van der Waals surface area contributed by atoms with Crippen LogP contribution in [0.1, 0.15) is 80.3 Å². The molecule has 2 aromatic heterocycles. The second kappa shape index (κ2) is 9.60. The first-order valence-electron chi connectivity index (χ1n) is 12.4. The van der Waals surface area contributed by atoms with E-state index in [1.54, 1.807) is 28.7 Å². The number of hydrogen-bond acceptors (Lipinski definition) is 4. The fourth-order valence-electron chi connectivity index (χ4n) is 5.38. The average Bonchev–Trinajstić information content (AvgIpc) is 3.50. The van der Waals surface area contributed by atoms with E-state index in [1.807, 2.05) is 22.4 Å². The minimum Gasteiger partial charge on any atom is -0.339 e. The van der Waals surface area contributed by atoms with Crippen LogP contribution in [0, 0.1) is 0 Å². The Morgan fingerprint density at radius 1 is 1.03 bits per heavy atom. The second-order valence-corrected chi connectivity index (χ2v) is 13.9. The van der Waals surface area contributed by atoms with Crippen LogP contribution >= 0.6 is 38.6 Å². The molecule has 184 valence electrons. The predicted octanol–water partition coefficient (Wildman–Crippen LogP) is 8.40. The van der Waals surface area contributed by atoms with E-state index in [1.165, 1.54) is 34.5 Å². The molecule has 3 heterocycles. The lowest BCUT2D eigenvalue weighted by Gasteiger charge is -2.42. The van der Waals surface area contributed by atoms with Crippen LogP contribution in [0.15, 0.2) is 45.6 Å². The van der Waals surface area contributed by atoms with Crippen LogP contribution in [0.5, 0.6) is 0 Å². The first kappa shape index (κ1) is 24.9. The van der Waals surface area contributed by atoms with Gasteiger partial charge in [-0.05, 0) is 81.8 Å². The van der Waals surface area contributed by atoms with E-state index >= 15 is 0 Å². The van der Waals surface area contributed by atoms with Crippen LogP contribution in [0.3, 0.4) is 0 Å². The largest absolute Gasteiger partial charge is 0.339 e. The molecule has 1 amide bonds. The molecular formula is C29H33BrN2OS2. The fraction of sp³-hybridized carbons (Fsp3) is 0.448. The molecule has 1 aromatic carbocycles. The summed E-state index contributed by atoms with van der Waals surface area (Å²) in [5, 5.41) is 5.46. The maximum atomic E-state index is 12.6. The maximum Gasteiger partial charge on any atom is 0.246 e. The number of benzene rings is 1. The third-order valence-corrected chi connectivity index (χ3v) is 10.5. The quantitative estimate of drug-likeness (QED) is 0.296. The molecule has 0 unspecified atom stereocenters. The molecule has 0 saturated carbocycles. The van der Waals surface area contributed by atoms with Gasteiger partial charge in [-0.1, -0.05) is 39.8 Å². The zero-order chi connectivity index (χ0) is 24.8. The van der Waals surface area contributed by atoms with E-state index in [0.29, 0.717) is 5.92 Å². The monoisotopic (exact) mass is 568 g/mol. The number of thiophene rings is 1. The molecule has 6 heteroatoms. The molecule has 1 fully saturated rings. The first-order valence-corrected chi connectivity index (χ1v) is 15.0. The standard InChI is InChI=1S/C29H33BrN2OS2/c1-28(2)11-12-29(3,4)24-15-20(5-7-23(24)28)25-18-35-27(31-25)19-9-13-32(14-10-19)26(33)8-6-22-16-21(30)17-34-22/h5-8,15-19H,9-14H2,1-4H3/b8-6+. The van der Waals surface area contributed by atoms with Crippen molar-refractivity contribution in [3.8, 4) is 11.3 Å². The van der Waals surface area contributed by atoms with Crippen molar-refractivity contribution in [2.45, 2.75) is 70.1 Å². The number of piperidine rings is 1. The van der Waals surface area contributed by atoms with Crippen LogP contribution in [0.4, 0.5) is 0 Å².